The third-order valence-corrected chi connectivity index (χ3v) is 21.1. The van der Waals surface area contributed by atoms with E-state index in [-0.39, 0.29) is 65.2 Å². The lowest BCUT2D eigenvalue weighted by Gasteiger charge is -2.35. The Morgan fingerprint density at radius 2 is 0.978 bits per heavy atom. The Labute approximate surface area is 548 Å². The first-order valence-electron chi connectivity index (χ1n) is 33.3. The van der Waals surface area contributed by atoms with Gasteiger partial charge in [0.1, 0.15) is 48.0 Å². The number of thioether (sulfide) groups is 2. The second-order valence-electron chi connectivity index (χ2n) is 29.3. The highest BCUT2D eigenvalue weighted by Crippen LogP contribution is 2.49. The summed E-state index contributed by atoms with van der Waals surface area (Å²) in [6, 6.07) is 11.4. The van der Waals surface area contributed by atoms with Gasteiger partial charge in [-0.3, -0.25) is 33.7 Å². The second-order valence-corrected chi connectivity index (χ2v) is 31.9. The van der Waals surface area contributed by atoms with Crippen molar-refractivity contribution in [1.82, 2.24) is 40.9 Å². The number of benzene rings is 2. The van der Waals surface area contributed by atoms with Gasteiger partial charge in [0.25, 0.3) is 0 Å². The Kier molecular flexibility index (Phi) is 24.0. The number of likely N-dealkylation sites (N-methyl/N-ethyl adjacent to an activating group) is 2. The fourth-order valence-corrected chi connectivity index (χ4v) is 17.0. The molecular formula is C69H104N8O12S2. The highest BCUT2D eigenvalue weighted by Gasteiger charge is 2.57. The summed E-state index contributed by atoms with van der Waals surface area (Å²) in [6.45, 7) is 21.2. The van der Waals surface area contributed by atoms with Gasteiger partial charge in [0.2, 0.25) is 35.4 Å². The molecule has 4 aliphatic heterocycles. The molecule has 2 aromatic rings. The van der Waals surface area contributed by atoms with E-state index in [0.717, 1.165) is 73.6 Å². The fraction of sp³-hybridized carbons (Fsp3) is 0.710. The van der Waals surface area contributed by atoms with Crippen molar-refractivity contribution in [3.63, 3.8) is 0 Å². The molecule has 6 aliphatic rings. The van der Waals surface area contributed by atoms with Crippen molar-refractivity contribution < 1.29 is 57.3 Å². The van der Waals surface area contributed by atoms with Crippen LogP contribution in [0.2, 0.25) is 0 Å². The minimum absolute atomic E-state index is 0.220. The number of fused-ring (bicyclic) bond motifs is 4. The molecule has 8 rings (SSSR count). The molecule has 2 aliphatic carbocycles. The van der Waals surface area contributed by atoms with E-state index < -0.39 is 76.2 Å². The first-order chi connectivity index (χ1) is 42.9. The van der Waals surface area contributed by atoms with Crippen LogP contribution in [0.4, 0.5) is 9.59 Å². The molecule has 0 aromatic heterocycles. The van der Waals surface area contributed by atoms with E-state index >= 15 is 0 Å². The van der Waals surface area contributed by atoms with Crippen LogP contribution >= 0.6 is 23.5 Å². The maximum Gasteiger partial charge on any atom is 0.410 e. The number of unbranched alkanes of at least 4 members (excludes halogenated alkanes) is 9. The quantitative estimate of drug-likeness (QED) is 0.0678. The molecule has 4 N–H and O–H groups in total. The van der Waals surface area contributed by atoms with Gasteiger partial charge in [-0.25, -0.2) is 9.59 Å². The maximum atomic E-state index is 14.7. The molecule has 91 heavy (non-hydrogen) atoms. The van der Waals surface area contributed by atoms with Gasteiger partial charge < -0.3 is 54.9 Å². The summed E-state index contributed by atoms with van der Waals surface area (Å²) in [5.41, 5.74) is 1.79. The van der Waals surface area contributed by atoms with E-state index in [1.54, 1.807) is 81.8 Å². The molecule has 20 nitrogen and oxygen atoms in total. The van der Waals surface area contributed by atoms with E-state index in [9.17, 15) is 38.4 Å². The zero-order valence-electron chi connectivity index (χ0n) is 56.3. The summed E-state index contributed by atoms with van der Waals surface area (Å²) in [4.78, 5) is 116. The number of nitrogens with zero attached hydrogens (tertiary/aromatic N) is 4. The molecule has 4 heterocycles. The predicted molar refractivity (Wildman–Crippen MR) is 354 cm³/mol. The highest BCUT2D eigenvalue weighted by molar-refractivity contribution is 8.00. The van der Waals surface area contributed by atoms with Crippen LogP contribution in [0.15, 0.2) is 48.5 Å². The van der Waals surface area contributed by atoms with E-state index in [1.807, 2.05) is 52.0 Å². The van der Waals surface area contributed by atoms with E-state index in [0.29, 0.717) is 63.2 Å². The summed E-state index contributed by atoms with van der Waals surface area (Å²) >= 11 is 3.28. The molecule has 4 saturated heterocycles. The Morgan fingerprint density at radius 3 is 1.41 bits per heavy atom. The van der Waals surface area contributed by atoms with E-state index in [1.165, 1.54) is 36.7 Å². The van der Waals surface area contributed by atoms with Crippen molar-refractivity contribution in [2.24, 2.45) is 10.8 Å². The lowest BCUT2D eigenvalue weighted by Crippen LogP contribution is -2.58. The first-order valence-corrected chi connectivity index (χ1v) is 35.4. The third kappa shape index (κ3) is 18.2. The molecule has 504 valence electrons. The summed E-state index contributed by atoms with van der Waals surface area (Å²) < 4.78 is 24.1. The summed E-state index contributed by atoms with van der Waals surface area (Å²) in [7, 11) is 2.99. The zero-order chi connectivity index (χ0) is 66.2. The van der Waals surface area contributed by atoms with Crippen molar-refractivity contribution in [2.75, 3.05) is 45.4 Å². The molecule has 0 spiro atoms. The molecule has 22 heteroatoms. The van der Waals surface area contributed by atoms with Gasteiger partial charge in [0, 0.05) is 40.2 Å². The van der Waals surface area contributed by atoms with E-state index in [2.05, 4.69) is 45.5 Å². The topological polar surface area (TPSA) is 235 Å². The van der Waals surface area contributed by atoms with Crippen molar-refractivity contribution in [3.8, 4) is 0 Å². The van der Waals surface area contributed by atoms with Gasteiger partial charge in [0.15, 0.2) is 0 Å². The molecule has 4 fully saturated rings. The van der Waals surface area contributed by atoms with Gasteiger partial charge in [0.05, 0.1) is 35.0 Å². The molecule has 0 unspecified atom stereocenters. The zero-order valence-corrected chi connectivity index (χ0v) is 58.0. The Hall–Kier alpha value is -5.58. The van der Waals surface area contributed by atoms with Crippen LogP contribution in [0, 0.1) is 10.8 Å². The van der Waals surface area contributed by atoms with Gasteiger partial charge in [-0.1, -0.05) is 128 Å². The standard InChI is InChI=1S/C69H104N8O12S2/c1-43(75(13)65(85)89-67(5,6)7)59(79)71-49-33-37-91-54-41-69(10,11)58(77(54)63(49)83)61(81)73-56-47-31-25-23-29-45(47)39-51(56)87-35-27-21-19-17-15-14-16-18-20-26-34-86-50-38-44-28-22-24-30-46(44)55(50)72-60(80)57-68(8,9)40-53-76(57)62(82)48(32-36-90-53)70-52(78)42-74(12)64(84)88-66(2,3)4/h22-25,28-31,43,48-51,53-58H,14-21,26-27,32-42H2,1-13H3,(H,70,78)(H,71,79)(H,72,80)(H,73,81)/t43-,48-,49-,50+,51+,53-,54-,55-,56-,57+,58+/m0/s1. The maximum absolute atomic E-state index is 14.7. The normalized spacial score (nSPS) is 26.0. The van der Waals surface area contributed by atoms with Crippen LogP contribution < -0.4 is 21.3 Å². The van der Waals surface area contributed by atoms with Crippen LogP contribution in [0.5, 0.6) is 0 Å². The molecule has 0 saturated carbocycles. The van der Waals surface area contributed by atoms with Crippen molar-refractivity contribution in [3.05, 3.63) is 70.8 Å². The molecule has 2 aromatic carbocycles. The fourth-order valence-electron chi connectivity index (χ4n) is 13.8. The molecule has 0 bridgehead atoms. The van der Waals surface area contributed by atoms with Crippen LogP contribution in [-0.2, 0) is 60.6 Å². The van der Waals surface area contributed by atoms with Crippen LogP contribution in [0.3, 0.4) is 0 Å². The van der Waals surface area contributed by atoms with Crippen molar-refractivity contribution in [1.29, 1.82) is 0 Å². The molecule has 8 amide bonds. The Balaban J connectivity index is 0.739. The lowest BCUT2D eigenvalue weighted by molar-refractivity contribution is -0.144. The minimum atomic E-state index is -0.895. The number of carbonyl (C=O) groups excluding carboxylic acids is 8. The number of hydrogen-bond donors (Lipinski definition) is 4. The number of nitrogens with one attached hydrogen (secondary N) is 4. The average Bonchev–Trinajstić information content (AvgIpc) is 1.62. The van der Waals surface area contributed by atoms with Crippen LogP contribution in [-0.4, -0.2) is 177 Å². The van der Waals surface area contributed by atoms with Crippen molar-refractivity contribution >= 4 is 71.2 Å². The SMILES string of the molecule is C[C@@H](C(=O)N[C@H]1CCS[C@H]2CC(C)(C)[C@@H](C(=O)N[C@H]3c4ccccc4C[C@H]3OCCCCCCCCCCCCO[C@@H]3Cc4ccccc4[C@@H]3NC(=O)[C@H]3N4C(=O)[C@@H](NC(=O)CN(C)C(=O)OC(C)(C)C)CCS[C@H]4CC3(C)C)N2C1=O)N(C)C(=O)OC(C)(C)C. The van der Waals surface area contributed by atoms with Gasteiger partial charge >= 0.3 is 12.2 Å². The Morgan fingerprint density at radius 1 is 0.582 bits per heavy atom. The summed E-state index contributed by atoms with van der Waals surface area (Å²) in [6.07, 6.45) is 12.5. The highest BCUT2D eigenvalue weighted by atomic mass is 32.2. The number of rotatable bonds is 25. The summed E-state index contributed by atoms with van der Waals surface area (Å²) in [5, 5.41) is 12.1. The molecule has 0 radical (unpaired) electrons. The van der Waals surface area contributed by atoms with Crippen molar-refractivity contribution in [2.45, 2.75) is 255 Å². The Bertz CT molecular complexity index is 2910. The average molecular weight is 1300 g/mol. The molecular weight excluding hydrogens is 1200 g/mol. The third-order valence-electron chi connectivity index (χ3n) is 18.6. The second kappa shape index (κ2) is 30.7. The smallest absolute Gasteiger partial charge is 0.410 e. The minimum Gasteiger partial charge on any atom is -0.444 e. The van der Waals surface area contributed by atoms with E-state index in [4.69, 9.17) is 18.9 Å². The first kappa shape index (κ1) is 71.3. The number of carbonyl (C=O) groups is 8. The van der Waals surface area contributed by atoms with Crippen LogP contribution in [0.25, 0.3) is 0 Å². The monoisotopic (exact) mass is 1300 g/mol. The van der Waals surface area contributed by atoms with Gasteiger partial charge in [-0.15, -0.1) is 23.5 Å². The van der Waals surface area contributed by atoms with Gasteiger partial charge in [-0.05, 0) is 132 Å². The number of amides is 8. The predicted octanol–water partition coefficient (Wildman–Crippen LogP) is 9.76. The van der Waals surface area contributed by atoms with Crippen LogP contribution in [0.1, 0.15) is 200 Å². The molecule has 11 atom stereocenters. The van der Waals surface area contributed by atoms with Gasteiger partial charge in [-0.2, -0.15) is 0 Å². The lowest BCUT2D eigenvalue weighted by atomic mass is 9.83. The number of ether oxygens (including phenoxy) is 4. The summed E-state index contributed by atoms with van der Waals surface area (Å²) in [5.74, 6) is -0.743. The number of hydrogen-bond acceptors (Lipinski definition) is 14. The largest absolute Gasteiger partial charge is 0.444 e.